The lowest BCUT2D eigenvalue weighted by molar-refractivity contribution is -0.276. The first-order chi connectivity index (χ1) is 7.76. The highest BCUT2D eigenvalue weighted by Crippen LogP contribution is 2.29. The lowest BCUT2D eigenvalue weighted by Gasteiger charge is -2.13. The highest BCUT2D eigenvalue weighted by atomic mass is 19.4. The maximum absolute atomic E-state index is 12.0. The molecule has 0 spiro atoms. The largest absolute Gasteiger partial charge is 0.574 e. The third-order valence-electron chi connectivity index (χ3n) is 1.82. The number of nitrogen functional groups attached to an aromatic ring is 1. The predicted molar refractivity (Wildman–Crippen MR) is 50.2 cm³/mol. The monoisotopic (exact) mass is 251 g/mol. The quantitative estimate of drug-likeness (QED) is 0.729. The van der Waals surface area contributed by atoms with Gasteiger partial charge in [-0.15, -0.1) is 13.2 Å². The number of aromatic carboxylic acids is 1. The Kier molecular flexibility index (Phi) is 3.42. The number of halogens is 3. The maximum Gasteiger partial charge on any atom is 0.574 e. The van der Waals surface area contributed by atoms with Gasteiger partial charge in [0.05, 0.1) is 11.9 Å². The summed E-state index contributed by atoms with van der Waals surface area (Å²) >= 11 is 0. The molecule has 0 radical (unpaired) electrons. The van der Waals surface area contributed by atoms with Gasteiger partial charge < -0.3 is 21.3 Å². The first-order valence-electron chi connectivity index (χ1n) is 4.22. The number of ether oxygens (including phenoxy) is 1. The molecule has 0 bridgehead atoms. The molecule has 5 N–H and O–H groups in total. The molecule has 1 rings (SSSR count). The van der Waals surface area contributed by atoms with E-state index >= 15 is 0 Å². The van der Waals surface area contributed by atoms with E-state index in [1.807, 2.05) is 0 Å². The Morgan fingerprint density at radius 3 is 2.53 bits per heavy atom. The average Bonchev–Trinajstić information content (AvgIpc) is 2.17. The number of rotatable bonds is 3. The molecule has 0 aliphatic carbocycles. The smallest absolute Gasteiger partial charge is 0.477 e. The molecule has 1 aromatic rings. The van der Waals surface area contributed by atoms with E-state index in [1.54, 1.807) is 0 Å². The minimum Gasteiger partial charge on any atom is -0.477 e. The van der Waals surface area contributed by atoms with E-state index in [9.17, 15) is 18.0 Å². The standard InChI is InChI=1S/C8H8F3N3O3/c9-8(10,11)17-6-5(7(15)16)3(1-12)4(13)2-14-6/h2H,1,12-13H2,(H,15,16). The first-order valence-corrected chi connectivity index (χ1v) is 4.22. The predicted octanol–water partition coefficient (Wildman–Crippen LogP) is 0.719. The second-order valence-electron chi connectivity index (χ2n) is 2.93. The second kappa shape index (κ2) is 4.45. The fourth-order valence-electron chi connectivity index (χ4n) is 1.17. The first kappa shape index (κ1) is 13.0. The van der Waals surface area contributed by atoms with Crippen LogP contribution in [0.15, 0.2) is 6.20 Å². The highest BCUT2D eigenvalue weighted by Gasteiger charge is 2.35. The van der Waals surface area contributed by atoms with Crippen molar-refractivity contribution in [2.24, 2.45) is 5.73 Å². The van der Waals surface area contributed by atoms with Crippen LogP contribution < -0.4 is 16.2 Å². The fraction of sp³-hybridized carbons (Fsp3) is 0.250. The van der Waals surface area contributed by atoms with Crippen molar-refractivity contribution in [3.8, 4) is 5.88 Å². The summed E-state index contributed by atoms with van der Waals surface area (Å²) in [5.41, 5.74) is 9.51. The number of carboxylic acid groups (broad SMARTS) is 1. The Morgan fingerprint density at radius 2 is 2.12 bits per heavy atom. The molecule has 0 aliphatic heterocycles. The third-order valence-corrected chi connectivity index (χ3v) is 1.82. The summed E-state index contributed by atoms with van der Waals surface area (Å²) in [6, 6.07) is 0. The Labute approximate surface area is 93.0 Å². The van der Waals surface area contributed by atoms with Gasteiger partial charge in [-0.1, -0.05) is 0 Å². The van der Waals surface area contributed by atoms with Crippen molar-refractivity contribution < 1.29 is 27.8 Å². The van der Waals surface area contributed by atoms with Crippen LogP contribution in [0, 0.1) is 0 Å². The molecule has 1 heterocycles. The van der Waals surface area contributed by atoms with Crippen LogP contribution >= 0.6 is 0 Å². The summed E-state index contributed by atoms with van der Waals surface area (Å²) < 4.78 is 39.5. The maximum atomic E-state index is 12.0. The van der Waals surface area contributed by atoms with Crippen molar-refractivity contribution in [2.75, 3.05) is 5.73 Å². The molecule has 0 saturated heterocycles. The SMILES string of the molecule is NCc1c(N)cnc(OC(F)(F)F)c1C(=O)O. The van der Waals surface area contributed by atoms with Crippen LogP contribution in [0.4, 0.5) is 18.9 Å². The van der Waals surface area contributed by atoms with Crippen LogP contribution in [-0.2, 0) is 6.54 Å². The van der Waals surface area contributed by atoms with Crippen molar-refractivity contribution in [1.82, 2.24) is 4.98 Å². The van der Waals surface area contributed by atoms with Crippen molar-refractivity contribution in [3.63, 3.8) is 0 Å². The van der Waals surface area contributed by atoms with E-state index in [4.69, 9.17) is 16.6 Å². The molecule has 1 aromatic heterocycles. The van der Waals surface area contributed by atoms with E-state index in [1.165, 1.54) is 0 Å². The van der Waals surface area contributed by atoms with Crippen molar-refractivity contribution in [2.45, 2.75) is 12.9 Å². The van der Waals surface area contributed by atoms with Gasteiger partial charge in [-0.05, 0) is 0 Å². The number of nitrogens with two attached hydrogens (primary N) is 2. The van der Waals surface area contributed by atoms with Gasteiger partial charge >= 0.3 is 12.3 Å². The number of pyridine rings is 1. The van der Waals surface area contributed by atoms with Gasteiger partial charge in [-0.2, -0.15) is 0 Å². The van der Waals surface area contributed by atoms with Crippen molar-refractivity contribution >= 4 is 11.7 Å². The molecule has 0 fully saturated rings. The lowest BCUT2D eigenvalue weighted by Crippen LogP contribution is -2.22. The van der Waals surface area contributed by atoms with Crippen molar-refractivity contribution in [3.05, 3.63) is 17.3 Å². The molecule has 0 amide bonds. The van der Waals surface area contributed by atoms with E-state index in [-0.39, 0.29) is 17.8 Å². The number of carbonyl (C=O) groups is 1. The van der Waals surface area contributed by atoms with Crippen LogP contribution in [0.1, 0.15) is 15.9 Å². The zero-order valence-electron chi connectivity index (χ0n) is 8.28. The van der Waals surface area contributed by atoms with Crippen LogP contribution in [0.5, 0.6) is 5.88 Å². The molecule has 9 heteroatoms. The second-order valence-corrected chi connectivity index (χ2v) is 2.93. The number of aromatic nitrogens is 1. The highest BCUT2D eigenvalue weighted by molar-refractivity contribution is 5.93. The van der Waals surface area contributed by atoms with Crippen LogP contribution in [0.3, 0.4) is 0 Å². The number of nitrogens with zero attached hydrogens (tertiary/aromatic N) is 1. The minimum atomic E-state index is -5.04. The van der Waals surface area contributed by atoms with Crippen LogP contribution in [0.25, 0.3) is 0 Å². The van der Waals surface area contributed by atoms with Gasteiger partial charge in [-0.3, -0.25) is 0 Å². The Balaban J connectivity index is 3.36. The summed E-state index contributed by atoms with van der Waals surface area (Å²) in [6.07, 6.45) is -4.19. The number of carboxylic acids is 1. The average molecular weight is 251 g/mol. The topological polar surface area (TPSA) is 111 Å². The molecule has 6 nitrogen and oxygen atoms in total. The van der Waals surface area contributed by atoms with E-state index in [0.29, 0.717) is 0 Å². The van der Waals surface area contributed by atoms with E-state index in [0.717, 1.165) is 6.20 Å². The minimum absolute atomic E-state index is 0.112. The summed E-state index contributed by atoms with van der Waals surface area (Å²) in [5.74, 6) is -2.73. The molecule has 94 valence electrons. The normalized spacial score (nSPS) is 11.3. The van der Waals surface area contributed by atoms with Gasteiger partial charge in [0.25, 0.3) is 0 Å². The molecule has 0 aromatic carbocycles. The van der Waals surface area contributed by atoms with Gasteiger partial charge in [0.2, 0.25) is 5.88 Å². The third kappa shape index (κ3) is 2.97. The molecule has 0 aliphatic rings. The number of alkyl halides is 3. The number of anilines is 1. The van der Waals surface area contributed by atoms with Crippen molar-refractivity contribution in [1.29, 1.82) is 0 Å². The molecule has 0 saturated carbocycles. The molecule has 0 unspecified atom stereocenters. The Hall–Kier alpha value is -2.03. The molecule has 0 atom stereocenters. The fourth-order valence-corrected chi connectivity index (χ4v) is 1.17. The molecular formula is C8H8F3N3O3. The Bertz CT molecular complexity index is 448. The van der Waals surface area contributed by atoms with E-state index < -0.39 is 23.8 Å². The van der Waals surface area contributed by atoms with Crippen LogP contribution in [0.2, 0.25) is 0 Å². The Morgan fingerprint density at radius 1 is 1.53 bits per heavy atom. The van der Waals surface area contributed by atoms with Gasteiger partial charge in [-0.25, -0.2) is 9.78 Å². The summed E-state index contributed by atoms with van der Waals surface area (Å²) in [6.45, 7) is -0.343. The van der Waals surface area contributed by atoms with Crippen LogP contribution in [-0.4, -0.2) is 22.4 Å². The zero-order valence-corrected chi connectivity index (χ0v) is 8.28. The number of hydrogen-bond donors (Lipinski definition) is 3. The summed E-state index contributed by atoms with van der Waals surface area (Å²) in [4.78, 5) is 14.0. The van der Waals surface area contributed by atoms with E-state index in [2.05, 4.69) is 9.72 Å². The zero-order chi connectivity index (χ0) is 13.2. The summed E-state index contributed by atoms with van der Waals surface area (Å²) in [5, 5.41) is 8.80. The lowest BCUT2D eigenvalue weighted by atomic mass is 10.1. The van der Waals surface area contributed by atoms with Gasteiger partial charge in [0.1, 0.15) is 5.56 Å². The molecule has 17 heavy (non-hydrogen) atoms. The van der Waals surface area contributed by atoms with Gasteiger partial charge in [0, 0.05) is 12.1 Å². The van der Waals surface area contributed by atoms with Gasteiger partial charge in [0.15, 0.2) is 0 Å². The molecular weight excluding hydrogens is 243 g/mol. The summed E-state index contributed by atoms with van der Waals surface area (Å²) in [7, 11) is 0. The number of hydrogen-bond acceptors (Lipinski definition) is 5.